The molecule has 0 unspecified atom stereocenters. The van der Waals surface area contributed by atoms with Crippen LogP contribution in [0, 0.1) is 5.92 Å². The van der Waals surface area contributed by atoms with Gasteiger partial charge in [-0.05, 0) is 43.0 Å². The molecule has 4 nitrogen and oxygen atoms in total. The predicted molar refractivity (Wildman–Crippen MR) is 79.9 cm³/mol. The molecule has 2 N–H and O–H groups in total. The molecule has 0 aliphatic heterocycles. The van der Waals surface area contributed by atoms with E-state index in [1.165, 1.54) is 24.3 Å². The number of rotatable bonds is 5. The fraction of sp³-hybridized carbons (Fsp3) is 0.375. The van der Waals surface area contributed by atoms with Crippen molar-refractivity contribution in [2.45, 2.75) is 25.4 Å². The molecular formula is C16H17F3N2O2. The average molecular weight is 326 g/mol. The van der Waals surface area contributed by atoms with E-state index >= 15 is 0 Å². The fourth-order valence-corrected chi connectivity index (χ4v) is 2.30. The minimum atomic E-state index is -4.45. The van der Waals surface area contributed by atoms with Crippen LogP contribution in [0.4, 0.5) is 18.9 Å². The SMILES string of the molecule is O=C(C[C@@H]1C=CCC1)Nc1ccc(C(=O)NCC(F)(F)F)cc1. The molecule has 0 bridgehead atoms. The van der Waals surface area contributed by atoms with E-state index in [9.17, 15) is 22.8 Å². The summed E-state index contributed by atoms with van der Waals surface area (Å²) in [5, 5.41) is 4.50. The number of carbonyl (C=O) groups is 2. The van der Waals surface area contributed by atoms with Crippen molar-refractivity contribution in [3.05, 3.63) is 42.0 Å². The van der Waals surface area contributed by atoms with Crippen molar-refractivity contribution in [1.29, 1.82) is 0 Å². The number of allylic oxidation sites excluding steroid dienone is 2. The summed E-state index contributed by atoms with van der Waals surface area (Å²) in [6.07, 6.45) is 1.97. The predicted octanol–water partition coefficient (Wildman–Crippen LogP) is 3.27. The van der Waals surface area contributed by atoms with Crippen LogP contribution in [0.3, 0.4) is 0 Å². The van der Waals surface area contributed by atoms with Gasteiger partial charge < -0.3 is 10.6 Å². The molecule has 1 atom stereocenters. The first kappa shape index (κ1) is 17.1. The Kier molecular flexibility index (Phi) is 5.41. The zero-order chi connectivity index (χ0) is 16.9. The van der Waals surface area contributed by atoms with Crippen LogP contribution in [-0.4, -0.2) is 24.5 Å². The Balaban J connectivity index is 1.85. The molecule has 2 amide bonds. The van der Waals surface area contributed by atoms with Crippen LogP contribution < -0.4 is 10.6 Å². The molecule has 1 aromatic carbocycles. The Morgan fingerprint density at radius 3 is 2.43 bits per heavy atom. The summed E-state index contributed by atoms with van der Waals surface area (Å²) in [6.45, 7) is -1.38. The van der Waals surface area contributed by atoms with E-state index in [2.05, 4.69) is 5.32 Å². The summed E-state index contributed by atoms with van der Waals surface area (Å²) >= 11 is 0. The first-order valence-corrected chi connectivity index (χ1v) is 7.25. The molecule has 0 radical (unpaired) electrons. The van der Waals surface area contributed by atoms with E-state index in [-0.39, 0.29) is 17.4 Å². The second-order valence-corrected chi connectivity index (χ2v) is 5.39. The highest BCUT2D eigenvalue weighted by Gasteiger charge is 2.27. The lowest BCUT2D eigenvalue weighted by Crippen LogP contribution is -2.33. The first-order chi connectivity index (χ1) is 10.8. The van der Waals surface area contributed by atoms with Gasteiger partial charge in [0, 0.05) is 17.7 Å². The quantitative estimate of drug-likeness (QED) is 0.816. The second-order valence-electron chi connectivity index (χ2n) is 5.39. The van der Waals surface area contributed by atoms with Gasteiger partial charge in [0.1, 0.15) is 6.54 Å². The molecule has 0 spiro atoms. The topological polar surface area (TPSA) is 58.2 Å². The highest BCUT2D eigenvalue weighted by atomic mass is 19.4. The van der Waals surface area contributed by atoms with E-state index in [0.29, 0.717) is 12.1 Å². The maximum Gasteiger partial charge on any atom is 0.405 e. The van der Waals surface area contributed by atoms with Crippen molar-refractivity contribution in [1.82, 2.24) is 5.32 Å². The summed E-state index contributed by atoms with van der Waals surface area (Å²) in [5.41, 5.74) is 0.607. The Morgan fingerprint density at radius 1 is 1.17 bits per heavy atom. The van der Waals surface area contributed by atoms with Crippen molar-refractivity contribution in [3.8, 4) is 0 Å². The van der Waals surface area contributed by atoms with Gasteiger partial charge in [0.05, 0.1) is 0 Å². The molecule has 1 aliphatic rings. The minimum Gasteiger partial charge on any atom is -0.343 e. The van der Waals surface area contributed by atoms with Crippen molar-refractivity contribution in [3.63, 3.8) is 0 Å². The Morgan fingerprint density at radius 2 is 1.87 bits per heavy atom. The summed E-state index contributed by atoms with van der Waals surface area (Å²) < 4.78 is 36.1. The number of alkyl halides is 3. The molecule has 0 saturated heterocycles. The van der Waals surface area contributed by atoms with Crippen molar-refractivity contribution < 1.29 is 22.8 Å². The molecule has 0 fully saturated rings. The number of nitrogens with one attached hydrogen (secondary N) is 2. The third kappa shape index (κ3) is 5.77. The molecule has 0 heterocycles. The van der Waals surface area contributed by atoms with Crippen molar-refractivity contribution >= 4 is 17.5 Å². The zero-order valence-corrected chi connectivity index (χ0v) is 12.3. The number of carbonyl (C=O) groups excluding carboxylic acids is 2. The molecule has 23 heavy (non-hydrogen) atoms. The van der Waals surface area contributed by atoms with E-state index in [0.717, 1.165) is 12.8 Å². The third-order valence-corrected chi connectivity index (χ3v) is 3.44. The summed E-state index contributed by atoms with van der Waals surface area (Å²) in [6, 6.07) is 5.73. The number of hydrogen-bond donors (Lipinski definition) is 2. The third-order valence-electron chi connectivity index (χ3n) is 3.44. The van der Waals surface area contributed by atoms with Gasteiger partial charge in [0.2, 0.25) is 5.91 Å². The summed E-state index contributed by atoms with van der Waals surface area (Å²) in [4.78, 5) is 23.4. The van der Waals surface area contributed by atoms with Crippen LogP contribution in [0.25, 0.3) is 0 Å². The molecule has 1 aliphatic carbocycles. The number of halogens is 3. The largest absolute Gasteiger partial charge is 0.405 e. The normalized spacial score (nSPS) is 17.1. The molecule has 2 rings (SSSR count). The Labute approximate surface area is 131 Å². The van der Waals surface area contributed by atoms with Crippen molar-refractivity contribution in [2.24, 2.45) is 5.92 Å². The van der Waals surface area contributed by atoms with Crippen molar-refractivity contribution in [2.75, 3.05) is 11.9 Å². The van der Waals surface area contributed by atoms with Gasteiger partial charge in [-0.2, -0.15) is 13.2 Å². The molecule has 0 saturated carbocycles. The van der Waals surface area contributed by atoms with E-state index < -0.39 is 18.6 Å². The highest BCUT2D eigenvalue weighted by molar-refractivity contribution is 5.95. The highest BCUT2D eigenvalue weighted by Crippen LogP contribution is 2.21. The average Bonchev–Trinajstić information content (AvgIpc) is 2.97. The van der Waals surface area contributed by atoms with Crippen LogP contribution >= 0.6 is 0 Å². The van der Waals surface area contributed by atoms with E-state index in [4.69, 9.17) is 0 Å². The molecule has 7 heteroatoms. The number of amides is 2. The Bertz CT molecular complexity index is 594. The lowest BCUT2D eigenvalue weighted by molar-refractivity contribution is -0.123. The maximum absolute atomic E-state index is 12.0. The van der Waals surface area contributed by atoms with Crippen LogP contribution in [0.15, 0.2) is 36.4 Å². The van der Waals surface area contributed by atoms with Gasteiger partial charge in [-0.15, -0.1) is 0 Å². The number of benzene rings is 1. The lowest BCUT2D eigenvalue weighted by Gasteiger charge is -2.10. The second kappa shape index (κ2) is 7.30. The zero-order valence-electron chi connectivity index (χ0n) is 12.3. The van der Waals surface area contributed by atoms with E-state index in [1.807, 2.05) is 12.2 Å². The summed E-state index contributed by atoms with van der Waals surface area (Å²) in [5.74, 6) is -0.686. The van der Waals surface area contributed by atoms with Crippen LogP contribution in [0.1, 0.15) is 29.6 Å². The van der Waals surface area contributed by atoms with Crippen LogP contribution in [-0.2, 0) is 4.79 Å². The fourth-order valence-electron chi connectivity index (χ4n) is 2.30. The monoisotopic (exact) mass is 326 g/mol. The molecular weight excluding hydrogens is 309 g/mol. The van der Waals surface area contributed by atoms with Gasteiger partial charge in [-0.1, -0.05) is 12.2 Å². The van der Waals surface area contributed by atoms with Gasteiger partial charge >= 0.3 is 6.18 Å². The number of anilines is 1. The smallest absolute Gasteiger partial charge is 0.343 e. The first-order valence-electron chi connectivity index (χ1n) is 7.25. The van der Waals surface area contributed by atoms with Crippen LogP contribution in [0.5, 0.6) is 0 Å². The van der Waals surface area contributed by atoms with Gasteiger partial charge in [0.25, 0.3) is 5.91 Å². The van der Waals surface area contributed by atoms with Crippen LogP contribution in [0.2, 0.25) is 0 Å². The Hall–Kier alpha value is -2.31. The molecule has 124 valence electrons. The van der Waals surface area contributed by atoms with Gasteiger partial charge in [0.15, 0.2) is 0 Å². The minimum absolute atomic E-state index is 0.103. The molecule has 1 aromatic rings. The molecule has 0 aromatic heterocycles. The lowest BCUT2D eigenvalue weighted by atomic mass is 10.0. The van der Waals surface area contributed by atoms with E-state index in [1.54, 1.807) is 5.32 Å². The number of hydrogen-bond acceptors (Lipinski definition) is 2. The van der Waals surface area contributed by atoms with Gasteiger partial charge in [-0.3, -0.25) is 9.59 Å². The maximum atomic E-state index is 12.0. The summed E-state index contributed by atoms with van der Waals surface area (Å²) in [7, 11) is 0. The standard InChI is InChI=1S/C16H17F3N2O2/c17-16(18,19)10-20-15(23)12-5-7-13(8-6-12)21-14(22)9-11-3-1-2-4-11/h1,3,5-8,11H,2,4,9-10H2,(H,20,23)(H,21,22)/t11-/m1/s1. The van der Waals surface area contributed by atoms with Gasteiger partial charge in [-0.25, -0.2) is 0 Å².